The molecule has 5 aromatic rings. The quantitative estimate of drug-likeness (QED) is 0.301. The summed E-state index contributed by atoms with van der Waals surface area (Å²) >= 11 is 1.44. The van der Waals surface area contributed by atoms with E-state index in [4.69, 9.17) is 23.9 Å². The van der Waals surface area contributed by atoms with E-state index in [0.29, 0.717) is 51.0 Å². The number of hydrogen-bond donors (Lipinski definition) is 1. The van der Waals surface area contributed by atoms with Gasteiger partial charge in [-0.15, -0.1) is 11.3 Å². The monoisotopic (exact) mass is 547 g/mol. The number of pyridine rings is 1. The van der Waals surface area contributed by atoms with Crippen LogP contribution in [0.3, 0.4) is 0 Å². The van der Waals surface area contributed by atoms with E-state index >= 15 is 4.39 Å². The van der Waals surface area contributed by atoms with Crippen molar-refractivity contribution in [2.75, 3.05) is 26.1 Å². The zero-order valence-corrected chi connectivity index (χ0v) is 22.0. The third kappa shape index (κ3) is 4.74. The van der Waals surface area contributed by atoms with Gasteiger partial charge in [-0.3, -0.25) is 5.32 Å². The minimum absolute atomic E-state index is 0.0589. The van der Waals surface area contributed by atoms with Crippen LogP contribution in [0.4, 0.5) is 14.9 Å². The Labute approximate surface area is 225 Å². The first-order chi connectivity index (χ1) is 18.9. The summed E-state index contributed by atoms with van der Waals surface area (Å²) in [5.74, 6) is 0.492. The maximum Gasteiger partial charge on any atom is 0.411 e. The molecule has 0 radical (unpaired) electrons. The number of anilines is 1. The number of amides is 1. The van der Waals surface area contributed by atoms with Gasteiger partial charge in [-0.1, -0.05) is 0 Å². The topological polar surface area (TPSA) is 118 Å². The highest BCUT2D eigenvalue weighted by Crippen LogP contribution is 2.43. The van der Waals surface area contributed by atoms with Gasteiger partial charge in [0.05, 0.1) is 53.6 Å². The predicted molar refractivity (Wildman–Crippen MR) is 143 cm³/mol. The number of carbonyl (C=O) groups is 1. The molecule has 1 unspecified atom stereocenters. The number of halogens is 1. The minimum Gasteiger partial charge on any atom is -0.483 e. The molecule has 2 aromatic carbocycles. The van der Waals surface area contributed by atoms with Crippen molar-refractivity contribution >= 4 is 44.4 Å². The van der Waals surface area contributed by atoms with Crippen LogP contribution < -0.4 is 19.5 Å². The Morgan fingerprint density at radius 1 is 1.10 bits per heavy atom. The van der Waals surface area contributed by atoms with Gasteiger partial charge >= 0.3 is 6.09 Å². The normalized spacial score (nSPS) is 14.2. The van der Waals surface area contributed by atoms with Crippen molar-refractivity contribution in [2.24, 2.45) is 0 Å². The molecule has 1 aliphatic heterocycles. The standard InChI is InChI=1S/C27H22FN5O5S/c1-13-6-16(23-19(7-13)32-22(36-3)11-30-23)26-33-20-9-18(28)24-17(25(20)39-26)8-15(38-24)12-37-27(34)31-14-4-5-21(35-2)29-10-14/h4-7,9-11,15H,8,12H2,1-3H3,(H,31,34). The molecule has 10 nitrogen and oxygen atoms in total. The van der Waals surface area contributed by atoms with Crippen LogP contribution in [0.1, 0.15) is 11.1 Å². The van der Waals surface area contributed by atoms with E-state index in [1.165, 1.54) is 30.7 Å². The van der Waals surface area contributed by atoms with Crippen molar-refractivity contribution in [3.63, 3.8) is 0 Å². The Balaban J connectivity index is 1.23. The number of carbonyl (C=O) groups excluding carboxylic acids is 1. The molecule has 1 aliphatic rings. The average Bonchev–Trinajstić information content (AvgIpc) is 3.56. The van der Waals surface area contributed by atoms with Crippen molar-refractivity contribution in [3.8, 4) is 28.1 Å². The van der Waals surface area contributed by atoms with Gasteiger partial charge in [-0.05, 0) is 30.7 Å². The van der Waals surface area contributed by atoms with E-state index in [1.54, 1.807) is 25.4 Å². The fourth-order valence-corrected chi connectivity index (χ4v) is 5.55. The van der Waals surface area contributed by atoms with Crippen LogP contribution in [0.25, 0.3) is 31.8 Å². The van der Waals surface area contributed by atoms with Crippen molar-refractivity contribution in [1.82, 2.24) is 19.9 Å². The number of fused-ring (bicyclic) bond motifs is 4. The second-order valence-electron chi connectivity index (χ2n) is 8.88. The van der Waals surface area contributed by atoms with Crippen molar-refractivity contribution in [3.05, 3.63) is 59.7 Å². The zero-order chi connectivity index (χ0) is 27.1. The molecule has 0 saturated heterocycles. The summed E-state index contributed by atoms with van der Waals surface area (Å²) in [5, 5.41) is 3.28. The Kier molecular flexibility index (Phi) is 6.31. The van der Waals surface area contributed by atoms with Crippen LogP contribution in [0.15, 0.2) is 42.7 Å². The summed E-state index contributed by atoms with van der Waals surface area (Å²) in [6, 6.07) is 8.54. The first kappa shape index (κ1) is 24.7. The summed E-state index contributed by atoms with van der Waals surface area (Å²) in [7, 11) is 3.05. The first-order valence-corrected chi connectivity index (χ1v) is 12.8. The molecule has 12 heteroatoms. The molecule has 0 aliphatic carbocycles. The van der Waals surface area contributed by atoms with E-state index in [1.807, 2.05) is 19.1 Å². The number of nitrogens with zero attached hydrogens (tertiary/aromatic N) is 4. The van der Waals surface area contributed by atoms with Crippen molar-refractivity contribution in [2.45, 2.75) is 19.4 Å². The zero-order valence-electron chi connectivity index (χ0n) is 21.1. The van der Waals surface area contributed by atoms with Crippen LogP contribution in [0, 0.1) is 12.7 Å². The van der Waals surface area contributed by atoms with Gasteiger partial charge in [0.2, 0.25) is 11.8 Å². The lowest BCUT2D eigenvalue weighted by atomic mass is 10.1. The van der Waals surface area contributed by atoms with Crippen LogP contribution in [-0.4, -0.2) is 53.0 Å². The molecule has 39 heavy (non-hydrogen) atoms. The van der Waals surface area contributed by atoms with Crippen molar-refractivity contribution < 1.29 is 28.1 Å². The van der Waals surface area contributed by atoms with Crippen molar-refractivity contribution in [1.29, 1.82) is 0 Å². The SMILES string of the molecule is COc1ccc(NC(=O)OCC2Cc3c(c(F)cc4nc(-c5cc(C)cc6nc(OC)cnc56)sc34)O2)cn1. The lowest BCUT2D eigenvalue weighted by Gasteiger charge is -2.12. The van der Waals surface area contributed by atoms with Gasteiger partial charge in [0.15, 0.2) is 11.6 Å². The van der Waals surface area contributed by atoms with Gasteiger partial charge in [-0.25, -0.2) is 29.1 Å². The van der Waals surface area contributed by atoms with Crippen LogP contribution >= 0.6 is 11.3 Å². The highest BCUT2D eigenvalue weighted by molar-refractivity contribution is 7.22. The Bertz CT molecular complexity index is 1730. The molecule has 0 bridgehead atoms. The van der Waals surface area contributed by atoms with E-state index in [2.05, 4.69) is 20.3 Å². The molecule has 1 amide bonds. The summed E-state index contributed by atoms with van der Waals surface area (Å²) in [4.78, 5) is 30.1. The Morgan fingerprint density at radius 3 is 2.72 bits per heavy atom. The highest BCUT2D eigenvalue weighted by atomic mass is 32.1. The predicted octanol–water partition coefficient (Wildman–Crippen LogP) is 5.32. The number of methoxy groups -OCH3 is 2. The number of rotatable bonds is 6. The molecule has 4 heterocycles. The second kappa shape index (κ2) is 9.95. The molecule has 0 fully saturated rings. The molecular weight excluding hydrogens is 525 g/mol. The summed E-state index contributed by atoms with van der Waals surface area (Å²) in [6.07, 6.45) is 2.18. The van der Waals surface area contributed by atoms with Gasteiger partial charge in [0.25, 0.3) is 0 Å². The van der Waals surface area contributed by atoms with Crippen LogP contribution in [0.5, 0.6) is 17.5 Å². The first-order valence-electron chi connectivity index (χ1n) is 12.0. The average molecular weight is 548 g/mol. The molecule has 1 N–H and O–H groups in total. The van der Waals surface area contributed by atoms with E-state index in [-0.39, 0.29) is 12.4 Å². The molecule has 6 rings (SSSR count). The number of benzene rings is 2. The fraction of sp³-hybridized carbons (Fsp3) is 0.222. The molecule has 3 aromatic heterocycles. The molecule has 1 atom stereocenters. The Hall–Kier alpha value is -4.58. The van der Waals surface area contributed by atoms with Gasteiger partial charge in [0.1, 0.15) is 17.7 Å². The molecular formula is C27H22FN5O5S. The largest absolute Gasteiger partial charge is 0.483 e. The second-order valence-corrected chi connectivity index (χ2v) is 9.88. The Morgan fingerprint density at radius 2 is 1.95 bits per heavy atom. The van der Waals surface area contributed by atoms with Crippen LogP contribution in [0.2, 0.25) is 0 Å². The van der Waals surface area contributed by atoms with E-state index < -0.39 is 18.0 Å². The van der Waals surface area contributed by atoms with Gasteiger partial charge < -0.3 is 18.9 Å². The van der Waals surface area contributed by atoms with Crippen LogP contribution in [-0.2, 0) is 11.2 Å². The summed E-state index contributed by atoms with van der Waals surface area (Å²) in [6.45, 7) is 1.91. The third-order valence-electron chi connectivity index (χ3n) is 6.20. The van der Waals surface area contributed by atoms with E-state index in [9.17, 15) is 4.79 Å². The minimum atomic E-state index is -0.670. The third-order valence-corrected chi connectivity index (χ3v) is 7.36. The van der Waals surface area contributed by atoms with Gasteiger partial charge in [-0.2, -0.15) is 0 Å². The lowest BCUT2D eigenvalue weighted by molar-refractivity contribution is 0.100. The number of ether oxygens (including phenoxy) is 4. The number of hydrogen-bond acceptors (Lipinski definition) is 10. The lowest BCUT2D eigenvalue weighted by Crippen LogP contribution is -2.25. The summed E-state index contributed by atoms with van der Waals surface area (Å²) in [5.41, 5.74) is 4.83. The van der Waals surface area contributed by atoms with E-state index in [0.717, 1.165) is 15.8 Å². The summed E-state index contributed by atoms with van der Waals surface area (Å²) < 4.78 is 37.2. The molecule has 198 valence electrons. The number of aromatic nitrogens is 4. The fourth-order valence-electron chi connectivity index (χ4n) is 4.44. The van der Waals surface area contributed by atoms with Gasteiger partial charge in [0, 0.05) is 29.7 Å². The number of aryl methyl sites for hydroxylation is 1. The maximum atomic E-state index is 15.0. The number of thiazole rings is 1. The number of nitrogens with one attached hydrogen (secondary N) is 1. The molecule has 0 saturated carbocycles. The molecule has 0 spiro atoms. The maximum absolute atomic E-state index is 15.0. The highest BCUT2D eigenvalue weighted by Gasteiger charge is 2.31. The smallest absolute Gasteiger partial charge is 0.411 e.